The largest absolute Gasteiger partial charge is 1.00 e. The van der Waals surface area contributed by atoms with Crippen LogP contribution < -0.4 is 29.6 Å². The van der Waals surface area contributed by atoms with Crippen molar-refractivity contribution in [2.75, 3.05) is 0 Å². The molecule has 0 N–H and O–H groups in total. The van der Waals surface area contributed by atoms with Crippen LogP contribution in [0.3, 0.4) is 0 Å². The molecule has 3 nitrogen and oxygen atoms in total. The van der Waals surface area contributed by atoms with Crippen molar-refractivity contribution in [3.05, 3.63) is 29.8 Å². The van der Waals surface area contributed by atoms with Gasteiger partial charge in [-0.05, 0) is 36.5 Å². The van der Waals surface area contributed by atoms with E-state index < -0.39 is 10.1 Å². The number of hydrogen-bond donors (Lipinski definition) is 0. The Morgan fingerprint density at radius 2 is 1.39 bits per heavy atom. The molecule has 0 aromatic heterocycles. The third-order valence-electron chi connectivity index (χ3n) is 4.20. The van der Waals surface area contributed by atoms with Gasteiger partial charge in [0.05, 0.1) is 4.90 Å². The monoisotopic (exact) mass is 348 g/mol. The summed E-state index contributed by atoms with van der Waals surface area (Å²) in [7, 11) is -4.34. The number of benzene rings is 1. The van der Waals surface area contributed by atoms with Gasteiger partial charge in [0.25, 0.3) is 0 Å². The summed E-state index contributed by atoms with van der Waals surface area (Å²) < 4.78 is 33.0. The third kappa shape index (κ3) is 9.25. The first kappa shape index (κ1) is 23.1. The second kappa shape index (κ2) is 12.5. The van der Waals surface area contributed by atoms with Crippen LogP contribution in [0.4, 0.5) is 0 Å². The molecule has 0 radical (unpaired) electrons. The summed E-state index contributed by atoms with van der Waals surface area (Å²) >= 11 is 0. The summed E-state index contributed by atoms with van der Waals surface area (Å²) in [5.74, 6) is 0.477. The van der Waals surface area contributed by atoms with Crippen molar-refractivity contribution in [3.63, 3.8) is 0 Å². The topological polar surface area (TPSA) is 57.2 Å². The van der Waals surface area contributed by atoms with Gasteiger partial charge >= 0.3 is 29.6 Å². The molecule has 0 spiro atoms. The molecule has 0 aliphatic rings. The summed E-state index contributed by atoms with van der Waals surface area (Å²) in [6.45, 7) is 4.40. The first-order valence-electron chi connectivity index (χ1n) is 8.54. The predicted molar refractivity (Wildman–Crippen MR) is 90.0 cm³/mol. The molecule has 0 heterocycles. The number of rotatable bonds is 11. The van der Waals surface area contributed by atoms with Crippen LogP contribution in [-0.4, -0.2) is 13.0 Å². The van der Waals surface area contributed by atoms with E-state index in [1.807, 2.05) is 12.1 Å². The van der Waals surface area contributed by atoms with E-state index in [9.17, 15) is 13.0 Å². The maximum Gasteiger partial charge on any atom is 1.00 e. The minimum absolute atomic E-state index is 0. The SMILES string of the molecule is CCCCCCCC(CCCC)c1ccc(S(=O)(=O)[O-])cc1.[Na+]. The fraction of sp³-hybridized carbons (Fsp3) is 0.667. The van der Waals surface area contributed by atoms with Gasteiger partial charge in [0.1, 0.15) is 10.1 Å². The molecule has 1 aromatic carbocycles. The molecule has 1 unspecified atom stereocenters. The van der Waals surface area contributed by atoms with Crippen LogP contribution in [0.15, 0.2) is 29.2 Å². The molecule has 0 aliphatic heterocycles. The van der Waals surface area contributed by atoms with E-state index in [0.29, 0.717) is 5.92 Å². The zero-order valence-corrected chi connectivity index (χ0v) is 17.7. The maximum atomic E-state index is 11.0. The van der Waals surface area contributed by atoms with Crippen molar-refractivity contribution in [3.8, 4) is 0 Å². The Labute approximate surface area is 164 Å². The molecule has 126 valence electrons. The molecular formula is C18H29NaO3S. The van der Waals surface area contributed by atoms with Gasteiger partial charge in [0.15, 0.2) is 0 Å². The molecule has 1 atom stereocenters. The van der Waals surface area contributed by atoms with Crippen LogP contribution in [-0.2, 0) is 10.1 Å². The van der Waals surface area contributed by atoms with Crippen LogP contribution in [0.5, 0.6) is 0 Å². The molecule has 23 heavy (non-hydrogen) atoms. The fourth-order valence-electron chi connectivity index (χ4n) is 2.83. The molecule has 0 saturated heterocycles. The normalized spacial score (nSPS) is 12.7. The Bertz CT molecular complexity index is 512. The molecule has 0 aliphatic carbocycles. The Morgan fingerprint density at radius 1 is 0.870 bits per heavy atom. The minimum Gasteiger partial charge on any atom is -0.744 e. The van der Waals surface area contributed by atoms with E-state index in [1.54, 1.807) is 0 Å². The average Bonchev–Trinajstić information content (AvgIpc) is 2.49. The summed E-state index contributed by atoms with van der Waals surface area (Å²) in [5.41, 5.74) is 1.16. The summed E-state index contributed by atoms with van der Waals surface area (Å²) in [4.78, 5) is -0.131. The van der Waals surface area contributed by atoms with E-state index in [-0.39, 0.29) is 34.5 Å². The van der Waals surface area contributed by atoms with Gasteiger partial charge in [-0.15, -0.1) is 0 Å². The average molecular weight is 348 g/mol. The molecular weight excluding hydrogens is 319 g/mol. The molecule has 1 aromatic rings. The van der Waals surface area contributed by atoms with Crippen LogP contribution in [0.2, 0.25) is 0 Å². The van der Waals surface area contributed by atoms with Crippen LogP contribution in [0.1, 0.15) is 83.1 Å². The van der Waals surface area contributed by atoms with Crippen molar-refractivity contribution in [1.82, 2.24) is 0 Å². The molecule has 0 fully saturated rings. The van der Waals surface area contributed by atoms with Gasteiger partial charge in [-0.1, -0.05) is 70.9 Å². The predicted octanol–water partition coefficient (Wildman–Crippen LogP) is 2.23. The van der Waals surface area contributed by atoms with E-state index in [1.165, 1.54) is 57.1 Å². The van der Waals surface area contributed by atoms with Crippen molar-refractivity contribution in [1.29, 1.82) is 0 Å². The summed E-state index contributed by atoms with van der Waals surface area (Å²) in [6.07, 6.45) is 11.0. The Kier molecular flexibility index (Phi) is 12.6. The van der Waals surface area contributed by atoms with Crippen LogP contribution in [0.25, 0.3) is 0 Å². The Hall–Kier alpha value is 0.130. The van der Waals surface area contributed by atoms with E-state index >= 15 is 0 Å². The summed E-state index contributed by atoms with van der Waals surface area (Å²) in [5, 5.41) is 0. The molecule has 0 amide bonds. The minimum atomic E-state index is -4.34. The number of unbranched alkanes of at least 4 members (excludes halogenated alkanes) is 5. The zero-order valence-electron chi connectivity index (χ0n) is 14.9. The van der Waals surface area contributed by atoms with Crippen molar-refractivity contribution < 1.29 is 42.5 Å². The smallest absolute Gasteiger partial charge is 0.744 e. The third-order valence-corrected chi connectivity index (χ3v) is 5.05. The Morgan fingerprint density at radius 3 is 1.91 bits per heavy atom. The van der Waals surface area contributed by atoms with Gasteiger partial charge in [-0.2, -0.15) is 0 Å². The molecule has 0 saturated carbocycles. The quantitative estimate of drug-likeness (QED) is 0.350. The van der Waals surface area contributed by atoms with E-state index in [2.05, 4.69) is 13.8 Å². The van der Waals surface area contributed by atoms with Crippen LogP contribution >= 0.6 is 0 Å². The number of hydrogen-bond acceptors (Lipinski definition) is 3. The molecule has 5 heteroatoms. The fourth-order valence-corrected chi connectivity index (χ4v) is 3.30. The van der Waals surface area contributed by atoms with Gasteiger partial charge in [-0.25, -0.2) is 8.42 Å². The Balaban J connectivity index is 0.00000484. The first-order chi connectivity index (χ1) is 10.5. The van der Waals surface area contributed by atoms with Crippen LogP contribution in [0, 0.1) is 0 Å². The van der Waals surface area contributed by atoms with Gasteiger partial charge in [0, 0.05) is 0 Å². The van der Waals surface area contributed by atoms with Gasteiger partial charge in [-0.3, -0.25) is 0 Å². The summed E-state index contributed by atoms with van der Waals surface area (Å²) in [6, 6.07) is 6.54. The zero-order chi connectivity index (χ0) is 16.4. The second-order valence-electron chi connectivity index (χ2n) is 6.07. The van der Waals surface area contributed by atoms with Crippen molar-refractivity contribution >= 4 is 10.1 Å². The molecule has 0 bridgehead atoms. The van der Waals surface area contributed by atoms with Crippen molar-refractivity contribution in [2.45, 2.75) is 82.4 Å². The van der Waals surface area contributed by atoms with Crippen molar-refractivity contribution in [2.24, 2.45) is 0 Å². The molecule has 1 rings (SSSR count). The van der Waals surface area contributed by atoms with E-state index in [0.717, 1.165) is 18.4 Å². The first-order valence-corrected chi connectivity index (χ1v) is 9.95. The van der Waals surface area contributed by atoms with E-state index in [4.69, 9.17) is 0 Å². The maximum absolute atomic E-state index is 11.0. The second-order valence-corrected chi connectivity index (χ2v) is 7.44. The van der Waals surface area contributed by atoms with Gasteiger partial charge < -0.3 is 4.55 Å². The van der Waals surface area contributed by atoms with Gasteiger partial charge in [0.2, 0.25) is 0 Å². The standard InChI is InChI=1S/C18H30O3S.Na/c1-3-5-7-8-9-11-16(10-6-4-2)17-12-14-18(15-13-17)22(19,20)21;/h12-16H,3-11H2,1-2H3,(H,19,20,21);/q;+1/p-1.